The number of alkyl halides is 3. The van der Waals surface area contributed by atoms with E-state index in [1.54, 1.807) is 0 Å². The van der Waals surface area contributed by atoms with E-state index in [1.807, 2.05) is 0 Å². The fourth-order valence-corrected chi connectivity index (χ4v) is 1.34. The van der Waals surface area contributed by atoms with Crippen LogP contribution in [0, 0.1) is 0 Å². The van der Waals surface area contributed by atoms with Crippen molar-refractivity contribution in [1.82, 2.24) is 0 Å². The zero-order valence-corrected chi connectivity index (χ0v) is 9.51. The van der Waals surface area contributed by atoms with Crippen LogP contribution >= 0.6 is 23.8 Å². The highest BCUT2D eigenvalue weighted by Crippen LogP contribution is 2.36. The first kappa shape index (κ1) is 13.1. The number of halogens is 4. The highest BCUT2D eigenvalue weighted by molar-refractivity contribution is 7.80. The zero-order chi connectivity index (χ0) is 12.3. The lowest BCUT2D eigenvalue weighted by molar-refractivity contribution is -0.137. The molecule has 0 aliphatic rings. The van der Waals surface area contributed by atoms with E-state index in [9.17, 15) is 13.2 Å². The summed E-state index contributed by atoms with van der Waals surface area (Å²) >= 11 is 10.0. The van der Waals surface area contributed by atoms with Gasteiger partial charge in [0.1, 0.15) is 0 Å². The Morgan fingerprint density at radius 2 is 2.06 bits per heavy atom. The van der Waals surface area contributed by atoms with Gasteiger partial charge in [0.2, 0.25) is 0 Å². The van der Waals surface area contributed by atoms with E-state index in [-0.39, 0.29) is 22.2 Å². The van der Waals surface area contributed by atoms with Gasteiger partial charge in [-0.1, -0.05) is 23.8 Å². The van der Waals surface area contributed by atoms with E-state index < -0.39 is 11.7 Å². The summed E-state index contributed by atoms with van der Waals surface area (Å²) in [5.74, 6) is 0. The molecule has 0 spiro atoms. The zero-order valence-electron chi connectivity index (χ0n) is 7.94. The van der Waals surface area contributed by atoms with Gasteiger partial charge < -0.3 is 11.1 Å². The molecule has 0 aliphatic heterocycles. The number of rotatable bonds is 3. The standard InChI is InChI=1S/C9H8ClF3N2S/c10-7-2-1-5(15-4-8(14)16)3-6(7)9(11,12)13/h1-3,15H,4H2,(H2,14,16). The molecule has 1 rings (SSSR count). The highest BCUT2D eigenvalue weighted by atomic mass is 35.5. The van der Waals surface area contributed by atoms with Crippen LogP contribution in [0.25, 0.3) is 0 Å². The lowest BCUT2D eigenvalue weighted by atomic mass is 10.2. The van der Waals surface area contributed by atoms with Gasteiger partial charge in [-0.05, 0) is 18.2 Å². The monoisotopic (exact) mass is 268 g/mol. The van der Waals surface area contributed by atoms with Crippen LogP contribution in [0.4, 0.5) is 18.9 Å². The molecular weight excluding hydrogens is 261 g/mol. The van der Waals surface area contributed by atoms with Crippen LogP contribution in [-0.4, -0.2) is 11.5 Å². The van der Waals surface area contributed by atoms with E-state index in [0.29, 0.717) is 0 Å². The molecular formula is C9H8ClF3N2S. The number of nitrogens with two attached hydrogens (primary N) is 1. The van der Waals surface area contributed by atoms with Gasteiger partial charge >= 0.3 is 6.18 Å². The molecule has 0 unspecified atom stereocenters. The molecule has 0 saturated heterocycles. The lowest BCUT2D eigenvalue weighted by Gasteiger charge is -2.11. The van der Waals surface area contributed by atoms with Gasteiger partial charge in [-0.3, -0.25) is 0 Å². The molecule has 0 aromatic heterocycles. The van der Waals surface area contributed by atoms with Crippen molar-refractivity contribution in [2.45, 2.75) is 6.18 Å². The molecule has 16 heavy (non-hydrogen) atoms. The first-order valence-corrected chi connectivity index (χ1v) is 4.98. The Kier molecular flexibility index (Phi) is 3.98. The Hall–Kier alpha value is -1.01. The predicted octanol–water partition coefficient (Wildman–Crippen LogP) is 3.06. The molecule has 1 aromatic carbocycles. The Morgan fingerprint density at radius 1 is 1.44 bits per heavy atom. The van der Waals surface area contributed by atoms with Crippen molar-refractivity contribution in [3.63, 3.8) is 0 Å². The predicted molar refractivity (Wildman–Crippen MR) is 61.7 cm³/mol. The number of nitrogens with one attached hydrogen (secondary N) is 1. The van der Waals surface area contributed by atoms with E-state index in [0.717, 1.165) is 6.07 Å². The molecule has 0 atom stereocenters. The SMILES string of the molecule is NC(=S)CNc1ccc(Cl)c(C(F)(F)F)c1. The minimum absolute atomic E-state index is 0.133. The van der Waals surface area contributed by atoms with Crippen LogP contribution in [0.15, 0.2) is 18.2 Å². The molecule has 0 amide bonds. The maximum Gasteiger partial charge on any atom is 0.417 e. The quantitative estimate of drug-likeness (QED) is 0.828. The molecule has 0 saturated carbocycles. The second-order valence-electron chi connectivity index (χ2n) is 3.01. The molecule has 3 N–H and O–H groups in total. The summed E-state index contributed by atoms with van der Waals surface area (Å²) in [4.78, 5) is 0.170. The van der Waals surface area contributed by atoms with Crippen LogP contribution in [0.3, 0.4) is 0 Å². The molecule has 0 bridgehead atoms. The second kappa shape index (κ2) is 4.88. The molecule has 0 radical (unpaired) electrons. The number of thiocarbonyl (C=S) groups is 1. The second-order valence-corrected chi connectivity index (χ2v) is 3.94. The van der Waals surface area contributed by atoms with Gasteiger partial charge in [-0.15, -0.1) is 0 Å². The fourth-order valence-electron chi connectivity index (χ4n) is 1.04. The maximum absolute atomic E-state index is 12.5. The van der Waals surface area contributed by atoms with Gasteiger partial charge in [0.05, 0.1) is 22.1 Å². The Bertz CT molecular complexity index is 406. The average Bonchev–Trinajstić information content (AvgIpc) is 2.14. The first-order valence-electron chi connectivity index (χ1n) is 4.19. The third-order valence-corrected chi connectivity index (χ3v) is 2.21. The van der Waals surface area contributed by atoms with Crippen LogP contribution in [0.1, 0.15) is 5.56 Å². The average molecular weight is 269 g/mol. The summed E-state index contributed by atoms with van der Waals surface area (Å²) in [7, 11) is 0. The Labute approximate surface area is 101 Å². The van der Waals surface area contributed by atoms with Crippen molar-refractivity contribution < 1.29 is 13.2 Å². The van der Waals surface area contributed by atoms with Crippen LogP contribution in [0.2, 0.25) is 5.02 Å². The van der Waals surface area contributed by atoms with Gasteiger partial charge in [0, 0.05) is 5.69 Å². The van der Waals surface area contributed by atoms with Gasteiger partial charge in [-0.2, -0.15) is 13.2 Å². The van der Waals surface area contributed by atoms with Gasteiger partial charge in [0.15, 0.2) is 0 Å². The topological polar surface area (TPSA) is 38.0 Å². The normalized spacial score (nSPS) is 11.2. The molecule has 7 heteroatoms. The van der Waals surface area contributed by atoms with Crippen LogP contribution < -0.4 is 11.1 Å². The van der Waals surface area contributed by atoms with Crippen molar-refractivity contribution in [2.75, 3.05) is 11.9 Å². The van der Waals surface area contributed by atoms with Crippen molar-refractivity contribution in [1.29, 1.82) is 0 Å². The number of anilines is 1. The van der Waals surface area contributed by atoms with Crippen LogP contribution in [-0.2, 0) is 6.18 Å². The highest BCUT2D eigenvalue weighted by Gasteiger charge is 2.33. The van der Waals surface area contributed by atoms with Gasteiger partial charge in [0.25, 0.3) is 0 Å². The van der Waals surface area contributed by atoms with Crippen molar-refractivity contribution in [2.24, 2.45) is 5.73 Å². The number of hydrogen-bond acceptors (Lipinski definition) is 2. The maximum atomic E-state index is 12.5. The summed E-state index contributed by atoms with van der Waals surface area (Å²) < 4.78 is 37.4. The van der Waals surface area contributed by atoms with E-state index >= 15 is 0 Å². The summed E-state index contributed by atoms with van der Waals surface area (Å²) in [5.41, 5.74) is 4.60. The van der Waals surface area contributed by atoms with Crippen LogP contribution in [0.5, 0.6) is 0 Å². The molecule has 0 fully saturated rings. The molecule has 1 aromatic rings. The molecule has 0 heterocycles. The minimum Gasteiger partial charge on any atom is -0.392 e. The van der Waals surface area contributed by atoms with E-state index in [1.165, 1.54) is 12.1 Å². The third-order valence-electron chi connectivity index (χ3n) is 1.74. The van der Waals surface area contributed by atoms with Crippen molar-refractivity contribution in [3.05, 3.63) is 28.8 Å². The lowest BCUT2D eigenvalue weighted by Crippen LogP contribution is -2.20. The largest absolute Gasteiger partial charge is 0.417 e. The van der Waals surface area contributed by atoms with E-state index in [2.05, 4.69) is 17.5 Å². The minimum atomic E-state index is -4.47. The van der Waals surface area contributed by atoms with Crippen molar-refractivity contribution >= 4 is 34.5 Å². The van der Waals surface area contributed by atoms with Gasteiger partial charge in [-0.25, -0.2) is 0 Å². The smallest absolute Gasteiger partial charge is 0.392 e. The first-order chi connectivity index (χ1) is 7.30. The summed E-state index contributed by atoms with van der Waals surface area (Å²) in [6, 6.07) is 3.52. The molecule has 2 nitrogen and oxygen atoms in total. The fraction of sp³-hybridized carbons (Fsp3) is 0.222. The molecule has 0 aliphatic carbocycles. The summed E-state index contributed by atoms with van der Waals surface area (Å²) in [5, 5.41) is 2.32. The summed E-state index contributed by atoms with van der Waals surface area (Å²) in [6.07, 6.45) is -4.47. The van der Waals surface area contributed by atoms with Crippen molar-refractivity contribution in [3.8, 4) is 0 Å². The number of hydrogen-bond donors (Lipinski definition) is 2. The molecule has 88 valence electrons. The van der Waals surface area contributed by atoms with E-state index in [4.69, 9.17) is 17.3 Å². The summed E-state index contributed by atoms with van der Waals surface area (Å²) in [6.45, 7) is 0.133. The Morgan fingerprint density at radius 3 is 2.56 bits per heavy atom. The third kappa shape index (κ3) is 3.53. The Balaban J connectivity index is 2.94. The number of benzene rings is 1.